The van der Waals surface area contributed by atoms with Gasteiger partial charge in [-0.05, 0) is 102 Å². The van der Waals surface area contributed by atoms with E-state index < -0.39 is 23.6 Å². The number of anilines is 2. The Hall–Kier alpha value is -4.34. The summed E-state index contributed by atoms with van der Waals surface area (Å²) in [6.07, 6.45) is 9.88. The number of amides is 4. The number of pyridine rings is 1. The lowest BCUT2D eigenvalue weighted by Crippen LogP contribution is -2.46. The van der Waals surface area contributed by atoms with Crippen molar-refractivity contribution in [2.24, 2.45) is 17.6 Å². The van der Waals surface area contributed by atoms with Crippen LogP contribution in [0.3, 0.4) is 0 Å². The summed E-state index contributed by atoms with van der Waals surface area (Å²) in [6.45, 7) is 6.05. The molecule has 0 aliphatic carbocycles. The van der Waals surface area contributed by atoms with E-state index in [1.165, 1.54) is 6.20 Å². The molecule has 13 nitrogen and oxygen atoms in total. The molecule has 7 rings (SSSR count). The SMILES string of the molecule is C[C@H]1CC[C@H](c2ccsc2)N(C(=O)C(=O)Nc2cnc(N)c3cn(C4CCCCO4)nc23)C1.C[C@H]1CC[C@H](c2ccsc2)N(C(=O)C(N)=O)C1. The molecule has 0 aromatic carbocycles. The summed E-state index contributed by atoms with van der Waals surface area (Å²) in [6, 6.07) is 3.96. The number of carbonyl (C=O) groups excluding carboxylic acids is 4. The summed E-state index contributed by atoms with van der Waals surface area (Å²) < 4.78 is 7.56. The quantitative estimate of drug-likeness (QED) is 0.240. The van der Waals surface area contributed by atoms with Gasteiger partial charge in [0.15, 0.2) is 0 Å². The molecule has 3 fully saturated rings. The van der Waals surface area contributed by atoms with Crippen molar-refractivity contribution in [2.45, 2.75) is 77.1 Å². The van der Waals surface area contributed by atoms with Crippen LogP contribution in [0.5, 0.6) is 0 Å². The molecule has 266 valence electrons. The van der Waals surface area contributed by atoms with E-state index in [0.717, 1.165) is 56.1 Å². The van der Waals surface area contributed by atoms with E-state index in [1.54, 1.807) is 43.4 Å². The van der Waals surface area contributed by atoms with Crippen molar-refractivity contribution >= 4 is 68.7 Å². The van der Waals surface area contributed by atoms with Crippen LogP contribution in [0.25, 0.3) is 10.9 Å². The second kappa shape index (κ2) is 15.7. The van der Waals surface area contributed by atoms with Crippen LogP contribution in [0.15, 0.2) is 46.0 Å². The number of nitrogen functional groups attached to an aromatic ring is 1. The van der Waals surface area contributed by atoms with Gasteiger partial charge in [-0.25, -0.2) is 9.67 Å². The maximum Gasteiger partial charge on any atom is 0.314 e. The monoisotopic (exact) mass is 720 g/mol. The molecule has 3 aliphatic rings. The fraction of sp³-hybridized carbons (Fsp3) is 0.486. The minimum Gasteiger partial charge on any atom is -0.383 e. The van der Waals surface area contributed by atoms with Crippen LogP contribution in [-0.4, -0.2) is 67.9 Å². The van der Waals surface area contributed by atoms with Crippen LogP contribution in [0.1, 0.15) is 88.2 Å². The zero-order valence-electron chi connectivity index (χ0n) is 28.3. The lowest BCUT2D eigenvalue weighted by atomic mass is 9.91. The standard InChI is InChI=1S/C23H28N6O3S.C12H16N2O2S/c1-14-5-6-18(15-7-9-33-13-15)28(11-14)23(31)22(30)26-17-10-25-21(24)16-12-29(27-20(16)17)19-4-2-3-8-32-19;1-8-2-3-10(9-4-5-17-7-9)14(6-8)12(16)11(13)15/h7,9-10,12-14,18-19H,2-6,8,11H2,1H3,(H2,24,25)(H,26,30);4-5,7-8,10H,2-3,6H2,1H3,(H2,13,15)/t14-,18+,19?;8-,10+/m00/s1. The van der Waals surface area contributed by atoms with Gasteiger partial charge in [0.1, 0.15) is 17.6 Å². The highest BCUT2D eigenvalue weighted by Gasteiger charge is 2.35. The molecule has 4 aromatic heterocycles. The molecule has 1 unspecified atom stereocenters. The van der Waals surface area contributed by atoms with Gasteiger partial charge in [-0.15, -0.1) is 0 Å². The largest absolute Gasteiger partial charge is 0.383 e. The van der Waals surface area contributed by atoms with Crippen LogP contribution in [0.4, 0.5) is 11.5 Å². The molecule has 50 heavy (non-hydrogen) atoms. The van der Waals surface area contributed by atoms with Crippen molar-refractivity contribution in [2.75, 3.05) is 30.7 Å². The number of primary amides is 1. The lowest BCUT2D eigenvalue weighted by Gasteiger charge is -2.38. The fourth-order valence-electron chi connectivity index (χ4n) is 7.04. The van der Waals surface area contributed by atoms with E-state index in [0.29, 0.717) is 53.9 Å². The maximum absolute atomic E-state index is 13.2. The average Bonchev–Trinajstić information content (AvgIpc) is 3.93. The van der Waals surface area contributed by atoms with Gasteiger partial charge in [-0.2, -0.15) is 27.8 Å². The second-order valence-electron chi connectivity index (χ2n) is 13.5. The van der Waals surface area contributed by atoms with Crippen LogP contribution in [0, 0.1) is 11.8 Å². The summed E-state index contributed by atoms with van der Waals surface area (Å²) in [5.74, 6) is -1.58. The number of hydrogen-bond donors (Lipinski definition) is 3. The Morgan fingerprint density at radius 1 is 0.880 bits per heavy atom. The predicted molar refractivity (Wildman–Crippen MR) is 193 cm³/mol. The summed E-state index contributed by atoms with van der Waals surface area (Å²) in [4.78, 5) is 56.7. The van der Waals surface area contributed by atoms with E-state index in [2.05, 4.69) is 29.2 Å². The van der Waals surface area contributed by atoms with E-state index in [4.69, 9.17) is 16.2 Å². The Morgan fingerprint density at radius 2 is 1.50 bits per heavy atom. The van der Waals surface area contributed by atoms with Gasteiger partial charge in [0.2, 0.25) is 0 Å². The Kier molecular flexibility index (Phi) is 11.1. The highest BCUT2D eigenvalue weighted by molar-refractivity contribution is 7.08. The molecule has 0 radical (unpaired) electrons. The smallest absolute Gasteiger partial charge is 0.314 e. The first kappa shape index (κ1) is 35.5. The number of aromatic nitrogens is 3. The van der Waals surface area contributed by atoms with Crippen molar-refractivity contribution in [3.8, 4) is 0 Å². The molecule has 4 aromatic rings. The number of piperidine rings is 2. The van der Waals surface area contributed by atoms with Gasteiger partial charge < -0.3 is 31.3 Å². The summed E-state index contributed by atoms with van der Waals surface area (Å²) in [7, 11) is 0. The third-order valence-corrected chi connectivity index (χ3v) is 11.1. The predicted octanol–water partition coefficient (Wildman–Crippen LogP) is 5.25. The highest BCUT2D eigenvalue weighted by atomic mass is 32.1. The maximum atomic E-state index is 13.2. The molecule has 5 atom stereocenters. The second-order valence-corrected chi connectivity index (χ2v) is 15.1. The minimum absolute atomic E-state index is 0.0115. The number of rotatable bonds is 4. The molecule has 5 N–H and O–H groups in total. The van der Waals surface area contributed by atoms with Gasteiger partial charge in [0.25, 0.3) is 0 Å². The van der Waals surface area contributed by atoms with Crippen molar-refractivity contribution in [3.63, 3.8) is 0 Å². The molecular formula is C35H44N8O5S2. The minimum atomic E-state index is -0.862. The first-order valence-electron chi connectivity index (χ1n) is 17.1. The van der Waals surface area contributed by atoms with E-state index in [9.17, 15) is 19.2 Å². The van der Waals surface area contributed by atoms with Crippen molar-refractivity contribution in [3.05, 3.63) is 57.2 Å². The Bertz CT molecular complexity index is 1800. The van der Waals surface area contributed by atoms with E-state index in [1.807, 2.05) is 33.7 Å². The summed E-state index contributed by atoms with van der Waals surface area (Å²) >= 11 is 3.20. The first-order valence-corrected chi connectivity index (χ1v) is 19.0. The molecule has 0 bridgehead atoms. The van der Waals surface area contributed by atoms with Gasteiger partial charge >= 0.3 is 23.6 Å². The summed E-state index contributed by atoms with van der Waals surface area (Å²) in [5.41, 5.74) is 14.2. The Balaban J connectivity index is 0.000000214. The zero-order chi connectivity index (χ0) is 35.4. The molecule has 15 heteroatoms. The van der Waals surface area contributed by atoms with E-state index >= 15 is 0 Å². The Morgan fingerprint density at radius 3 is 2.04 bits per heavy atom. The number of ether oxygens (including phenoxy) is 1. The lowest BCUT2D eigenvalue weighted by molar-refractivity contribution is -0.147. The van der Waals surface area contributed by atoms with Gasteiger partial charge in [-0.3, -0.25) is 19.2 Å². The van der Waals surface area contributed by atoms with Crippen LogP contribution in [0.2, 0.25) is 0 Å². The zero-order valence-corrected chi connectivity index (χ0v) is 30.0. The highest BCUT2D eigenvalue weighted by Crippen LogP contribution is 2.36. The van der Waals surface area contributed by atoms with Gasteiger partial charge in [-0.1, -0.05) is 13.8 Å². The molecule has 4 amide bonds. The van der Waals surface area contributed by atoms with Crippen molar-refractivity contribution < 1.29 is 23.9 Å². The number of thiophene rings is 2. The molecule has 7 heterocycles. The molecule has 3 aliphatic heterocycles. The number of hydrogen-bond acceptors (Lipinski definition) is 10. The first-order chi connectivity index (χ1) is 24.1. The third kappa shape index (κ3) is 7.84. The number of carbonyl (C=O) groups is 4. The summed E-state index contributed by atoms with van der Waals surface area (Å²) in [5, 5.41) is 16.1. The van der Waals surface area contributed by atoms with Gasteiger partial charge in [0, 0.05) is 25.9 Å². The van der Waals surface area contributed by atoms with Crippen LogP contribution in [-0.2, 0) is 23.9 Å². The average molecular weight is 721 g/mol. The van der Waals surface area contributed by atoms with Gasteiger partial charge in [0.05, 0.1) is 29.4 Å². The number of nitrogens with two attached hydrogens (primary N) is 2. The fourth-order valence-corrected chi connectivity index (χ4v) is 8.45. The number of nitrogens with one attached hydrogen (secondary N) is 1. The van der Waals surface area contributed by atoms with Crippen LogP contribution >= 0.6 is 22.7 Å². The number of likely N-dealkylation sites (tertiary alicyclic amines) is 2. The topological polar surface area (TPSA) is 179 Å². The van der Waals surface area contributed by atoms with Crippen molar-refractivity contribution in [1.29, 1.82) is 0 Å². The molecule has 0 spiro atoms. The molecule has 0 saturated carbocycles. The third-order valence-electron chi connectivity index (χ3n) is 9.71. The normalized spacial score (nSPS) is 23.9. The number of nitrogens with zero attached hydrogens (tertiary/aromatic N) is 5. The molecular weight excluding hydrogens is 677 g/mol. The van der Waals surface area contributed by atoms with E-state index in [-0.39, 0.29) is 18.3 Å². The molecule has 3 saturated heterocycles. The van der Waals surface area contributed by atoms with Crippen LogP contribution < -0.4 is 16.8 Å². The Labute approximate surface area is 298 Å². The van der Waals surface area contributed by atoms with Crippen molar-refractivity contribution in [1.82, 2.24) is 24.6 Å². The number of fused-ring (bicyclic) bond motifs is 1.